The maximum Gasteiger partial charge on any atom is 0.405 e. The van der Waals surface area contributed by atoms with Gasteiger partial charge in [0.05, 0.1) is 29.7 Å². The standard InChI is InChI=1S/C32H39F2N5O5Si/c1-31(2,3)45(6,7)44-32(4,5)28-35-15-20(16-36-28)18-11-12-21-23(13-18)39-24(14-22(27(39)37-21)38-30(41)42)26-19(17-40)9-8-10-25(26)43-29(33)34/h8-13,15-16,22,24,29,38,40H,14,17H2,1-7H3,(H,41,42)/t22-,24-/m1/s1. The Balaban J connectivity index is 1.57. The number of carboxylic acid groups (broad SMARTS) is 1. The smallest absolute Gasteiger partial charge is 0.405 e. The minimum atomic E-state index is -3.09. The number of nitrogens with zero attached hydrogens (tertiary/aromatic N) is 4. The number of fused-ring (bicyclic) bond motifs is 3. The summed E-state index contributed by atoms with van der Waals surface area (Å²) in [6.45, 7) is 11.4. The number of imidazole rings is 1. The zero-order chi connectivity index (χ0) is 32.9. The van der Waals surface area contributed by atoms with Gasteiger partial charge in [-0.15, -0.1) is 0 Å². The van der Waals surface area contributed by atoms with Crippen molar-refractivity contribution >= 4 is 25.4 Å². The van der Waals surface area contributed by atoms with E-state index in [9.17, 15) is 23.8 Å². The Morgan fingerprint density at radius 1 is 1.11 bits per heavy atom. The molecule has 0 fully saturated rings. The first-order chi connectivity index (χ1) is 21.0. The van der Waals surface area contributed by atoms with Gasteiger partial charge >= 0.3 is 12.7 Å². The van der Waals surface area contributed by atoms with Crippen molar-refractivity contribution in [1.82, 2.24) is 24.8 Å². The van der Waals surface area contributed by atoms with Gasteiger partial charge in [-0.05, 0) is 61.3 Å². The molecule has 0 spiro atoms. The average Bonchev–Trinajstić information content (AvgIpc) is 3.48. The Bertz CT molecular complexity index is 1720. The minimum Gasteiger partial charge on any atom is -0.465 e. The Hall–Kier alpha value is -3.94. The predicted molar refractivity (Wildman–Crippen MR) is 168 cm³/mol. The van der Waals surface area contributed by atoms with Crippen LogP contribution < -0.4 is 10.1 Å². The number of aromatic nitrogens is 4. The van der Waals surface area contributed by atoms with Gasteiger partial charge in [-0.25, -0.2) is 19.7 Å². The van der Waals surface area contributed by atoms with E-state index < -0.39 is 45.3 Å². The first-order valence-corrected chi connectivity index (χ1v) is 17.6. The quantitative estimate of drug-likeness (QED) is 0.165. The number of nitrogens with one attached hydrogen (secondary N) is 1. The number of hydrogen-bond donors (Lipinski definition) is 3. The third-order valence-corrected chi connectivity index (χ3v) is 13.4. The van der Waals surface area contributed by atoms with Crippen LogP contribution >= 0.6 is 0 Å². The Kier molecular flexibility index (Phi) is 8.49. The van der Waals surface area contributed by atoms with E-state index in [1.54, 1.807) is 18.5 Å². The van der Waals surface area contributed by atoms with Gasteiger partial charge in [-0.1, -0.05) is 39.0 Å². The summed E-state index contributed by atoms with van der Waals surface area (Å²) >= 11 is 0. The first-order valence-electron chi connectivity index (χ1n) is 14.7. The highest BCUT2D eigenvalue weighted by Gasteiger charge is 2.43. The predicted octanol–water partition coefficient (Wildman–Crippen LogP) is 7.15. The van der Waals surface area contributed by atoms with Gasteiger partial charge in [0, 0.05) is 29.9 Å². The number of aliphatic hydroxyl groups is 1. The summed E-state index contributed by atoms with van der Waals surface area (Å²) in [5.41, 5.74) is 2.81. The van der Waals surface area contributed by atoms with Gasteiger partial charge in [0.2, 0.25) is 0 Å². The van der Waals surface area contributed by atoms with E-state index in [4.69, 9.17) is 14.1 Å². The van der Waals surface area contributed by atoms with Crippen molar-refractivity contribution < 1.29 is 33.0 Å². The van der Waals surface area contributed by atoms with E-state index in [1.165, 1.54) is 12.1 Å². The molecule has 2 atom stereocenters. The highest BCUT2D eigenvalue weighted by molar-refractivity contribution is 6.74. The lowest BCUT2D eigenvalue weighted by Crippen LogP contribution is -2.46. The molecule has 240 valence electrons. The molecule has 13 heteroatoms. The molecule has 0 bridgehead atoms. The molecule has 2 aromatic heterocycles. The molecule has 1 aliphatic heterocycles. The van der Waals surface area contributed by atoms with E-state index in [0.29, 0.717) is 33.8 Å². The number of rotatable bonds is 9. The maximum atomic E-state index is 13.4. The lowest BCUT2D eigenvalue weighted by Gasteiger charge is -2.42. The molecule has 0 aliphatic carbocycles. The third kappa shape index (κ3) is 6.29. The SMILES string of the molecule is CC(C)(O[Si](C)(C)C(C)(C)C)c1ncc(-c2ccc3nc4n(c3c2)[C@@H](c2c(CO)cccc2OC(F)F)C[C@H]4NC(=O)O)cn1. The van der Waals surface area contributed by atoms with Crippen molar-refractivity contribution in [2.24, 2.45) is 0 Å². The van der Waals surface area contributed by atoms with E-state index in [1.807, 2.05) is 36.6 Å². The second-order valence-corrected chi connectivity index (χ2v) is 18.1. The van der Waals surface area contributed by atoms with E-state index in [-0.39, 0.29) is 17.2 Å². The number of alkyl halides is 2. The minimum absolute atomic E-state index is 0.0199. The monoisotopic (exact) mass is 639 g/mol. The second kappa shape index (κ2) is 11.8. The lowest BCUT2D eigenvalue weighted by molar-refractivity contribution is -0.0508. The molecule has 1 aliphatic rings. The number of aliphatic hydroxyl groups excluding tert-OH is 1. The first kappa shape index (κ1) is 32.5. The van der Waals surface area contributed by atoms with Gasteiger partial charge in [-0.3, -0.25) is 0 Å². The van der Waals surface area contributed by atoms with Crippen LogP contribution in [0.3, 0.4) is 0 Å². The number of ether oxygens (including phenoxy) is 1. The summed E-state index contributed by atoms with van der Waals surface area (Å²) in [5, 5.41) is 22.2. The van der Waals surface area contributed by atoms with Crippen LogP contribution in [0.1, 0.15) is 75.9 Å². The fraction of sp³-hybridized carbons (Fsp3) is 0.438. The fourth-order valence-corrected chi connectivity index (χ4v) is 7.42. The molecule has 1 amide bonds. The second-order valence-electron chi connectivity index (χ2n) is 13.3. The number of carbonyl (C=O) groups is 1. The van der Waals surface area contributed by atoms with Crippen LogP contribution in [0.15, 0.2) is 48.8 Å². The van der Waals surface area contributed by atoms with Gasteiger partial charge in [0.25, 0.3) is 0 Å². The van der Waals surface area contributed by atoms with Crippen LogP contribution in [0, 0.1) is 0 Å². The molecule has 5 rings (SSSR count). The molecular weight excluding hydrogens is 600 g/mol. The molecule has 4 aromatic rings. The van der Waals surface area contributed by atoms with Crippen LogP contribution in [-0.2, 0) is 16.6 Å². The van der Waals surface area contributed by atoms with Gasteiger partial charge in [0.15, 0.2) is 14.1 Å². The van der Waals surface area contributed by atoms with Crippen molar-refractivity contribution in [1.29, 1.82) is 0 Å². The molecule has 3 heterocycles. The van der Waals surface area contributed by atoms with Crippen molar-refractivity contribution in [3.8, 4) is 16.9 Å². The highest BCUT2D eigenvalue weighted by Crippen LogP contribution is 2.46. The summed E-state index contributed by atoms with van der Waals surface area (Å²) in [7, 11) is -2.10. The van der Waals surface area contributed by atoms with Crippen LogP contribution in [0.2, 0.25) is 18.1 Å². The maximum absolute atomic E-state index is 13.4. The van der Waals surface area contributed by atoms with Gasteiger partial charge < -0.3 is 29.3 Å². The number of amides is 1. The molecule has 0 radical (unpaired) electrons. The Labute approximate surface area is 261 Å². The van der Waals surface area contributed by atoms with Crippen LogP contribution in [0.25, 0.3) is 22.2 Å². The van der Waals surface area contributed by atoms with Crippen molar-refractivity contribution in [3.05, 3.63) is 71.6 Å². The average molecular weight is 640 g/mol. The molecule has 3 N–H and O–H groups in total. The molecule has 0 saturated carbocycles. The summed E-state index contributed by atoms with van der Waals surface area (Å²) in [5.74, 6) is 0.909. The summed E-state index contributed by atoms with van der Waals surface area (Å²) in [6.07, 6.45) is 2.43. The lowest BCUT2D eigenvalue weighted by atomic mass is 9.96. The highest BCUT2D eigenvalue weighted by atomic mass is 28.4. The Morgan fingerprint density at radius 2 is 1.80 bits per heavy atom. The molecule has 0 saturated heterocycles. The van der Waals surface area contributed by atoms with Crippen molar-refractivity contribution in [2.75, 3.05) is 0 Å². The molecule has 0 unspecified atom stereocenters. The zero-order valence-corrected chi connectivity index (χ0v) is 27.4. The van der Waals surface area contributed by atoms with E-state index in [0.717, 1.165) is 11.1 Å². The van der Waals surface area contributed by atoms with E-state index >= 15 is 0 Å². The number of hydrogen-bond acceptors (Lipinski definition) is 7. The van der Waals surface area contributed by atoms with Crippen LogP contribution in [0.5, 0.6) is 5.75 Å². The largest absolute Gasteiger partial charge is 0.465 e. The molecular formula is C32H39F2N5O5Si. The number of benzene rings is 2. The summed E-state index contributed by atoms with van der Waals surface area (Å²) in [6, 6.07) is 8.79. The molecule has 45 heavy (non-hydrogen) atoms. The fourth-order valence-electron chi connectivity index (χ4n) is 5.75. The Morgan fingerprint density at radius 3 is 2.40 bits per heavy atom. The number of halogens is 2. The molecule has 2 aromatic carbocycles. The summed E-state index contributed by atoms with van der Waals surface area (Å²) in [4.78, 5) is 25.8. The van der Waals surface area contributed by atoms with Crippen molar-refractivity contribution in [2.45, 2.75) is 90.1 Å². The normalized spacial score (nSPS) is 17.1. The van der Waals surface area contributed by atoms with E-state index in [2.05, 4.69) is 49.1 Å². The van der Waals surface area contributed by atoms with Crippen molar-refractivity contribution in [3.63, 3.8) is 0 Å². The topological polar surface area (TPSA) is 132 Å². The van der Waals surface area contributed by atoms with Gasteiger partial charge in [-0.2, -0.15) is 8.78 Å². The van der Waals surface area contributed by atoms with Gasteiger partial charge in [0.1, 0.15) is 17.2 Å². The van der Waals surface area contributed by atoms with Crippen LogP contribution in [-0.4, -0.2) is 50.8 Å². The molecule has 10 nitrogen and oxygen atoms in total. The van der Waals surface area contributed by atoms with Crippen LogP contribution in [0.4, 0.5) is 13.6 Å². The third-order valence-electron chi connectivity index (χ3n) is 8.81. The summed E-state index contributed by atoms with van der Waals surface area (Å²) < 4.78 is 40.2. The zero-order valence-electron chi connectivity index (χ0n) is 26.4.